The molecule has 0 spiro atoms. The highest BCUT2D eigenvalue weighted by Crippen LogP contribution is 2.37. The lowest BCUT2D eigenvalue weighted by atomic mass is 10.0. The third-order valence-corrected chi connectivity index (χ3v) is 2.64. The molecule has 1 fully saturated rings. The number of aromatic nitrogens is 3. The minimum atomic E-state index is -0.401. The maximum atomic E-state index is 9.13. The van der Waals surface area contributed by atoms with Gasteiger partial charge in [-0.15, -0.1) is 0 Å². The average molecular weight is 197 g/mol. The third-order valence-electron chi connectivity index (χ3n) is 2.64. The van der Waals surface area contributed by atoms with Crippen molar-refractivity contribution >= 4 is 0 Å². The minimum Gasteiger partial charge on any atom is -0.393 e. The van der Waals surface area contributed by atoms with E-state index in [2.05, 4.69) is 10.2 Å². The summed E-state index contributed by atoms with van der Waals surface area (Å²) < 4.78 is 5.73. The fourth-order valence-corrected chi connectivity index (χ4v) is 1.73. The number of aliphatic hydroxyl groups is 1. The van der Waals surface area contributed by atoms with Crippen LogP contribution in [0.15, 0.2) is 6.20 Å². The quantitative estimate of drug-likeness (QED) is 0.746. The van der Waals surface area contributed by atoms with Crippen LogP contribution in [0, 0.1) is 0 Å². The Hall–Kier alpha value is -0.940. The van der Waals surface area contributed by atoms with Crippen LogP contribution in [0.5, 0.6) is 0 Å². The summed E-state index contributed by atoms with van der Waals surface area (Å²) in [4.78, 5) is 1.52. The lowest BCUT2D eigenvalue weighted by Crippen LogP contribution is -2.28. The predicted molar refractivity (Wildman–Crippen MR) is 49.6 cm³/mol. The summed E-state index contributed by atoms with van der Waals surface area (Å²) >= 11 is 0. The maximum Gasteiger partial charge on any atom is 0.111 e. The van der Waals surface area contributed by atoms with Crippen LogP contribution < -0.4 is 0 Å². The van der Waals surface area contributed by atoms with Crippen LogP contribution in [-0.4, -0.2) is 32.3 Å². The van der Waals surface area contributed by atoms with Gasteiger partial charge in [-0.05, 0) is 19.8 Å². The topological polar surface area (TPSA) is 60.2 Å². The molecule has 1 N–H and O–H groups in total. The Labute approximate surface area is 82.7 Å². The summed E-state index contributed by atoms with van der Waals surface area (Å²) in [5.74, 6) is 0. The largest absolute Gasteiger partial charge is 0.393 e. The van der Waals surface area contributed by atoms with Crippen molar-refractivity contribution in [2.75, 3.05) is 6.61 Å². The molecule has 0 aromatic carbocycles. The van der Waals surface area contributed by atoms with Gasteiger partial charge >= 0.3 is 0 Å². The molecule has 78 valence electrons. The summed E-state index contributed by atoms with van der Waals surface area (Å²) in [7, 11) is 1.78. The van der Waals surface area contributed by atoms with Crippen LogP contribution >= 0.6 is 0 Å². The molecule has 1 saturated heterocycles. The van der Waals surface area contributed by atoms with Crippen molar-refractivity contribution in [2.45, 2.75) is 31.5 Å². The average Bonchev–Trinajstić information content (AvgIpc) is 2.73. The monoisotopic (exact) mass is 197 g/mol. The molecule has 0 amide bonds. The first-order valence-electron chi connectivity index (χ1n) is 4.78. The van der Waals surface area contributed by atoms with Crippen molar-refractivity contribution in [3.05, 3.63) is 11.9 Å². The van der Waals surface area contributed by atoms with Crippen LogP contribution in [0.2, 0.25) is 0 Å². The molecule has 1 aliphatic rings. The van der Waals surface area contributed by atoms with Crippen LogP contribution in [0.3, 0.4) is 0 Å². The highest BCUT2D eigenvalue weighted by molar-refractivity contribution is 5.01. The lowest BCUT2D eigenvalue weighted by Gasteiger charge is -2.21. The Kier molecular flexibility index (Phi) is 2.28. The van der Waals surface area contributed by atoms with Gasteiger partial charge in [0.25, 0.3) is 0 Å². The highest BCUT2D eigenvalue weighted by atomic mass is 16.5. The van der Waals surface area contributed by atoms with Gasteiger partial charge in [0.1, 0.15) is 11.8 Å². The number of aryl methyl sites for hydroxylation is 1. The van der Waals surface area contributed by atoms with Crippen LogP contribution in [0.1, 0.15) is 31.6 Å². The van der Waals surface area contributed by atoms with Crippen LogP contribution in [-0.2, 0) is 11.8 Å². The fraction of sp³-hybridized carbons (Fsp3) is 0.778. The van der Waals surface area contributed by atoms with Gasteiger partial charge < -0.3 is 9.84 Å². The van der Waals surface area contributed by atoms with Gasteiger partial charge in [0.2, 0.25) is 0 Å². The number of ether oxygens (including phenoxy) is 1. The van der Waals surface area contributed by atoms with E-state index in [1.165, 1.54) is 4.80 Å². The minimum absolute atomic E-state index is 0.0131. The van der Waals surface area contributed by atoms with Crippen molar-refractivity contribution in [1.82, 2.24) is 15.0 Å². The molecular formula is C9H15N3O2. The first-order chi connectivity index (χ1) is 6.63. The zero-order valence-electron chi connectivity index (χ0n) is 8.47. The zero-order valence-corrected chi connectivity index (χ0v) is 8.47. The molecule has 0 radical (unpaired) electrons. The van der Waals surface area contributed by atoms with Gasteiger partial charge in [-0.2, -0.15) is 15.0 Å². The van der Waals surface area contributed by atoms with E-state index in [9.17, 15) is 0 Å². The Morgan fingerprint density at radius 2 is 2.57 bits per heavy atom. The van der Waals surface area contributed by atoms with E-state index in [0.29, 0.717) is 0 Å². The molecular weight excluding hydrogens is 182 g/mol. The molecule has 5 nitrogen and oxygen atoms in total. The van der Waals surface area contributed by atoms with Crippen molar-refractivity contribution in [1.29, 1.82) is 0 Å². The van der Waals surface area contributed by atoms with E-state index in [4.69, 9.17) is 9.84 Å². The summed E-state index contributed by atoms with van der Waals surface area (Å²) in [5.41, 5.74) is 0.451. The highest BCUT2D eigenvalue weighted by Gasteiger charge is 2.37. The number of aliphatic hydroxyl groups excluding tert-OH is 1. The fourth-order valence-electron chi connectivity index (χ4n) is 1.73. The van der Waals surface area contributed by atoms with Gasteiger partial charge in [0.15, 0.2) is 0 Å². The molecule has 0 bridgehead atoms. The Bertz CT molecular complexity index is 326. The Balaban J connectivity index is 2.09. The smallest absolute Gasteiger partial charge is 0.111 e. The molecule has 0 aliphatic carbocycles. The summed E-state index contributed by atoms with van der Waals surface area (Å²) in [5, 5.41) is 17.3. The lowest BCUT2D eigenvalue weighted by molar-refractivity contribution is -0.0631. The first-order valence-corrected chi connectivity index (χ1v) is 4.78. The van der Waals surface area contributed by atoms with Gasteiger partial charge in [0, 0.05) is 7.05 Å². The van der Waals surface area contributed by atoms with E-state index in [1.54, 1.807) is 13.2 Å². The van der Waals surface area contributed by atoms with Gasteiger partial charge in [-0.25, -0.2) is 0 Å². The molecule has 1 aliphatic heterocycles. The first kappa shape index (κ1) is 9.61. The van der Waals surface area contributed by atoms with Crippen molar-refractivity contribution in [3.8, 4) is 0 Å². The molecule has 1 aromatic rings. The maximum absolute atomic E-state index is 9.13. The second kappa shape index (κ2) is 3.33. The van der Waals surface area contributed by atoms with E-state index in [0.717, 1.165) is 18.5 Å². The second-order valence-corrected chi connectivity index (χ2v) is 4.01. The van der Waals surface area contributed by atoms with Gasteiger partial charge in [-0.3, -0.25) is 0 Å². The van der Waals surface area contributed by atoms with E-state index in [-0.39, 0.29) is 12.7 Å². The molecule has 2 atom stereocenters. The predicted octanol–water partition coefficient (Wildman–Crippen LogP) is 0.418. The summed E-state index contributed by atoms with van der Waals surface area (Å²) in [6.07, 6.45) is 3.47. The zero-order chi connectivity index (χ0) is 10.2. The van der Waals surface area contributed by atoms with Crippen LogP contribution in [0.4, 0.5) is 0 Å². The number of rotatable bonds is 2. The molecule has 5 heteroatoms. The molecule has 0 saturated carbocycles. The third kappa shape index (κ3) is 1.65. The van der Waals surface area contributed by atoms with Crippen molar-refractivity contribution in [3.63, 3.8) is 0 Å². The molecule has 1 aromatic heterocycles. The molecule has 2 unspecified atom stereocenters. The Morgan fingerprint density at radius 1 is 1.79 bits per heavy atom. The standard InChI is InChI=1S/C9H15N3O2/c1-9(6-13)4-3-8(14-9)7-5-10-12(2)11-7/h5,8,13H,3-4,6H2,1-2H3. The van der Waals surface area contributed by atoms with Gasteiger partial charge in [0.05, 0.1) is 18.4 Å². The number of hydrogen-bond acceptors (Lipinski definition) is 4. The SMILES string of the molecule is Cn1ncc(C2CCC(C)(CO)O2)n1. The summed E-state index contributed by atoms with van der Waals surface area (Å²) in [6, 6.07) is 0. The van der Waals surface area contributed by atoms with E-state index in [1.807, 2.05) is 6.92 Å². The van der Waals surface area contributed by atoms with E-state index < -0.39 is 5.60 Å². The molecule has 2 rings (SSSR count). The van der Waals surface area contributed by atoms with Gasteiger partial charge in [-0.1, -0.05) is 0 Å². The molecule has 2 heterocycles. The summed E-state index contributed by atoms with van der Waals surface area (Å²) in [6.45, 7) is 1.98. The van der Waals surface area contributed by atoms with Crippen LogP contribution in [0.25, 0.3) is 0 Å². The van der Waals surface area contributed by atoms with Crippen molar-refractivity contribution in [2.24, 2.45) is 7.05 Å². The van der Waals surface area contributed by atoms with E-state index >= 15 is 0 Å². The second-order valence-electron chi connectivity index (χ2n) is 4.01. The number of nitrogens with zero attached hydrogens (tertiary/aromatic N) is 3. The number of hydrogen-bond donors (Lipinski definition) is 1. The van der Waals surface area contributed by atoms with Crippen molar-refractivity contribution < 1.29 is 9.84 Å². The Morgan fingerprint density at radius 3 is 3.07 bits per heavy atom. The normalized spacial score (nSPS) is 32.4. The molecule has 14 heavy (non-hydrogen) atoms.